The van der Waals surface area contributed by atoms with Crippen LogP contribution in [0.5, 0.6) is 0 Å². The third kappa shape index (κ3) is 3.58. The van der Waals surface area contributed by atoms with Gasteiger partial charge in [0.05, 0.1) is 0 Å². The predicted octanol–water partition coefficient (Wildman–Crippen LogP) is 2.57. The van der Waals surface area contributed by atoms with E-state index in [9.17, 15) is 0 Å². The Hall–Kier alpha value is -1.20. The van der Waals surface area contributed by atoms with Crippen molar-refractivity contribution >= 4 is 5.95 Å². The van der Waals surface area contributed by atoms with Crippen LogP contribution in [0.3, 0.4) is 0 Å². The first-order valence-electron chi connectivity index (χ1n) is 8.56. The lowest BCUT2D eigenvalue weighted by molar-refractivity contribution is -0.0189. The van der Waals surface area contributed by atoms with Gasteiger partial charge >= 0.3 is 0 Å². The number of nitrogens with zero attached hydrogens (tertiary/aromatic N) is 3. The number of aromatic nitrogens is 2. The van der Waals surface area contributed by atoms with Gasteiger partial charge in [-0.05, 0) is 38.2 Å². The number of nitrogens with one attached hydrogen (secondary N) is 1. The van der Waals surface area contributed by atoms with E-state index in [-0.39, 0.29) is 0 Å². The highest BCUT2D eigenvalue weighted by atomic mass is 16.5. The molecule has 2 saturated heterocycles. The Bertz CT molecular complexity index is 499. The molecule has 0 bridgehead atoms. The van der Waals surface area contributed by atoms with Gasteiger partial charge in [0, 0.05) is 49.8 Å². The quantitative estimate of drug-likeness (QED) is 0.906. The van der Waals surface area contributed by atoms with Crippen molar-refractivity contribution in [3.8, 4) is 0 Å². The van der Waals surface area contributed by atoms with E-state index in [2.05, 4.69) is 40.1 Å². The average molecular weight is 304 g/mol. The van der Waals surface area contributed by atoms with Gasteiger partial charge in [-0.15, -0.1) is 0 Å². The van der Waals surface area contributed by atoms with Crippen LogP contribution in [0.1, 0.15) is 50.4 Å². The van der Waals surface area contributed by atoms with Crippen molar-refractivity contribution in [2.45, 2.75) is 58.0 Å². The lowest BCUT2D eigenvalue weighted by atomic mass is 9.95. The fraction of sp³-hybridized carbons (Fsp3) is 0.765. The van der Waals surface area contributed by atoms with E-state index in [0.29, 0.717) is 18.0 Å². The number of hydrogen-bond acceptors (Lipinski definition) is 5. The van der Waals surface area contributed by atoms with Gasteiger partial charge in [-0.1, -0.05) is 13.8 Å². The van der Waals surface area contributed by atoms with E-state index in [1.807, 2.05) is 6.92 Å². The van der Waals surface area contributed by atoms with E-state index >= 15 is 0 Å². The second-order valence-corrected chi connectivity index (χ2v) is 6.82. The highest BCUT2D eigenvalue weighted by molar-refractivity contribution is 5.29. The topological polar surface area (TPSA) is 50.3 Å². The lowest BCUT2D eigenvalue weighted by Gasteiger charge is -2.47. The Morgan fingerprint density at radius 2 is 2.05 bits per heavy atom. The second kappa shape index (κ2) is 6.92. The number of rotatable bonds is 5. The first kappa shape index (κ1) is 15.7. The summed E-state index contributed by atoms with van der Waals surface area (Å²) in [5.41, 5.74) is 2.15. The van der Waals surface area contributed by atoms with Gasteiger partial charge < -0.3 is 10.1 Å². The van der Waals surface area contributed by atoms with Crippen molar-refractivity contribution in [2.75, 3.05) is 31.6 Å². The third-order valence-electron chi connectivity index (χ3n) is 4.81. The summed E-state index contributed by atoms with van der Waals surface area (Å²) < 4.78 is 5.47. The molecule has 0 amide bonds. The summed E-state index contributed by atoms with van der Waals surface area (Å²) in [6.45, 7) is 10.4. The van der Waals surface area contributed by atoms with Crippen LogP contribution in [0.15, 0.2) is 6.07 Å². The highest BCUT2D eigenvalue weighted by Crippen LogP contribution is 2.26. The van der Waals surface area contributed by atoms with Gasteiger partial charge in [0.15, 0.2) is 0 Å². The average Bonchev–Trinajstić information content (AvgIpc) is 2.47. The van der Waals surface area contributed by atoms with Gasteiger partial charge in [-0.2, -0.15) is 0 Å². The van der Waals surface area contributed by atoms with Crippen LogP contribution in [0.2, 0.25) is 0 Å². The summed E-state index contributed by atoms with van der Waals surface area (Å²) >= 11 is 0. The largest absolute Gasteiger partial charge is 0.381 e. The second-order valence-electron chi connectivity index (χ2n) is 6.82. The minimum Gasteiger partial charge on any atom is -0.381 e. The molecule has 2 aliphatic rings. The zero-order valence-corrected chi connectivity index (χ0v) is 14.0. The zero-order valence-electron chi connectivity index (χ0n) is 14.0. The van der Waals surface area contributed by atoms with Crippen LogP contribution in [-0.4, -0.2) is 53.3 Å². The van der Waals surface area contributed by atoms with Gasteiger partial charge in [0.1, 0.15) is 0 Å². The van der Waals surface area contributed by atoms with E-state index < -0.39 is 0 Å². The molecule has 1 aromatic heterocycles. The molecule has 0 radical (unpaired) electrons. The van der Waals surface area contributed by atoms with E-state index in [4.69, 9.17) is 4.74 Å². The molecule has 3 heterocycles. The van der Waals surface area contributed by atoms with Crippen molar-refractivity contribution in [3.05, 3.63) is 17.5 Å². The Kier molecular flexibility index (Phi) is 4.93. The van der Waals surface area contributed by atoms with Crippen LogP contribution in [0.25, 0.3) is 0 Å². The van der Waals surface area contributed by atoms with Gasteiger partial charge in [0.2, 0.25) is 5.95 Å². The van der Waals surface area contributed by atoms with Crippen LogP contribution >= 0.6 is 0 Å². The van der Waals surface area contributed by atoms with Gasteiger partial charge in [0.25, 0.3) is 0 Å². The Morgan fingerprint density at radius 3 is 2.68 bits per heavy atom. The zero-order chi connectivity index (χ0) is 15.5. The maximum atomic E-state index is 5.47. The molecular formula is C17H28N4O. The summed E-state index contributed by atoms with van der Waals surface area (Å²) in [5, 5.41) is 3.46. The molecule has 0 saturated carbocycles. The third-order valence-corrected chi connectivity index (χ3v) is 4.81. The van der Waals surface area contributed by atoms with E-state index in [1.54, 1.807) is 0 Å². The minimum atomic E-state index is 0.435. The molecule has 1 unspecified atom stereocenters. The molecule has 5 heteroatoms. The highest BCUT2D eigenvalue weighted by Gasteiger charge is 2.34. The van der Waals surface area contributed by atoms with Crippen molar-refractivity contribution in [2.24, 2.45) is 0 Å². The van der Waals surface area contributed by atoms with Crippen LogP contribution in [0, 0.1) is 6.92 Å². The number of anilines is 1. The molecule has 3 rings (SSSR count). The SMILES string of the molecule is Cc1cc(C(C)C)nc(NCC2CCN2C2CCOCC2)n1. The molecule has 0 aliphatic carbocycles. The Labute approximate surface area is 133 Å². The molecule has 122 valence electrons. The number of aryl methyl sites for hydroxylation is 1. The Balaban J connectivity index is 1.56. The Morgan fingerprint density at radius 1 is 1.27 bits per heavy atom. The normalized spacial score (nSPS) is 23.5. The van der Waals surface area contributed by atoms with Crippen molar-refractivity contribution in [1.82, 2.24) is 14.9 Å². The minimum absolute atomic E-state index is 0.435. The summed E-state index contributed by atoms with van der Waals surface area (Å²) in [7, 11) is 0. The molecule has 0 aromatic carbocycles. The molecular weight excluding hydrogens is 276 g/mol. The fourth-order valence-electron chi connectivity index (χ4n) is 3.35. The molecule has 0 spiro atoms. The molecule has 22 heavy (non-hydrogen) atoms. The molecule has 5 nitrogen and oxygen atoms in total. The van der Waals surface area contributed by atoms with Crippen LogP contribution < -0.4 is 5.32 Å². The number of ether oxygens (including phenoxy) is 1. The number of hydrogen-bond donors (Lipinski definition) is 1. The van der Waals surface area contributed by atoms with Gasteiger partial charge in [-0.3, -0.25) is 4.90 Å². The summed E-state index contributed by atoms with van der Waals surface area (Å²) in [6, 6.07) is 3.40. The summed E-state index contributed by atoms with van der Waals surface area (Å²) in [4.78, 5) is 11.8. The molecule has 1 N–H and O–H groups in total. The van der Waals surface area contributed by atoms with Crippen molar-refractivity contribution in [1.29, 1.82) is 0 Å². The molecule has 1 aromatic rings. The summed E-state index contributed by atoms with van der Waals surface area (Å²) in [5.74, 6) is 1.22. The molecule has 2 aliphatic heterocycles. The van der Waals surface area contributed by atoms with Crippen molar-refractivity contribution < 1.29 is 4.74 Å². The fourth-order valence-corrected chi connectivity index (χ4v) is 3.35. The predicted molar refractivity (Wildman–Crippen MR) is 88.3 cm³/mol. The van der Waals surface area contributed by atoms with E-state index in [1.165, 1.54) is 25.8 Å². The maximum absolute atomic E-state index is 5.47. The van der Waals surface area contributed by atoms with Crippen molar-refractivity contribution in [3.63, 3.8) is 0 Å². The monoisotopic (exact) mass is 304 g/mol. The molecule has 1 atom stereocenters. The van der Waals surface area contributed by atoms with Crippen LogP contribution in [-0.2, 0) is 4.74 Å². The van der Waals surface area contributed by atoms with Gasteiger partial charge in [-0.25, -0.2) is 9.97 Å². The number of likely N-dealkylation sites (tertiary alicyclic amines) is 1. The maximum Gasteiger partial charge on any atom is 0.223 e. The summed E-state index contributed by atoms with van der Waals surface area (Å²) in [6.07, 6.45) is 3.62. The molecule has 2 fully saturated rings. The first-order valence-corrected chi connectivity index (χ1v) is 8.56. The van der Waals surface area contributed by atoms with E-state index in [0.717, 1.165) is 37.1 Å². The smallest absolute Gasteiger partial charge is 0.223 e. The van der Waals surface area contributed by atoms with Crippen LogP contribution in [0.4, 0.5) is 5.95 Å². The lowest BCUT2D eigenvalue weighted by Crippen LogP contribution is -2.57. The first-order chi connectivity index (χ1) is 10.6. The standard InChI is InChI=1S/C17H28N4O/c1-12(2)16-10-13(3)19-17(20-16)18-11-15-4-7-21(15)14-5-8-22-9-6-14/h10,12,14-15H,4-9,11H2,1-3H3,(H,18,19,20).